The summed E-state index contributed by atoms with van der Waals surface area (Å²) in [5.74, 6) is 2.91. The van der Waals surface area contributed by atoms with Crippen LogP contribution in [0, 0.1) is 0 Å². The van der Waals surface area contributed by atoms with Gasteiger partial charge in [-0.1, -0.05) is 115 Å². The van der Waals surface area contributed by atoms with E-state index in [0.717, 1.165) is 79.3 Å². The van der Waals surface area contributed by atoms with Gasteiger partial charge in [0.2, 0.25) is 0 Å². The van der Waals surface area contributed by atoms with Crippen molar-refractivity contribution in [2.24, 2.45) is 0 Å². The zero-order valence-corrected chi connectivity index (χ0v) is 23.7. The molecule has 5 heteroatoms. The molecule has 0 aliphatic heterocycles. The summed E-state index contributed by atoms with van der Waals surface area (Å²) in [5, 5.41) is 3.12. The molecule has 0 N–H and O–H groups in total. The van der Waals surface area contributed by atoms with E-state index in [-0.39, 0.29) is 0 Å². The van der Waals surface area contributed by atoms with Crippen molar-refractivity contribution in [2.45, 2.75) is 12.8 Å². The van der Waals surface area contributed by atoms with Gasteiger partial charge in [-0.25, -0.2) is 15.0 Å². The van der Waals surface area contributed by atoms with Crippen LogP contribution in [0.4, 0.5) is 0 Å². The second-order valence-electron chi connectivity index (χ2n) is 11.1. The number of allylic oxidation sites excluding steroid dienone is 1. The van der Waals surface area contributed by atoms with Gasteiger partial charge in [0.05, 0.1) is 0 Å². The van der Waals surface area contributed by atoms with Crippen molar-refractivity contribution < 1.29 is 8.83 Å². The molecular formula is C39H25N3O2. The molecule has 44 heavy (non-hydrogen) atoms. The van der Waals surface area contributed by atoms with Crippen molar-refractivity contribution in [1.29, 1.82) is 0 Å². The summed E-state index contributed by atoms with van der Waals surface area (Å²) in [7, 11) is 0. The van der Waals surface area contributed by atoms with Gasteiger partial charge < -0.3 is 8.83 Å². The Morgan fingerprint density at radius 1 is 0.500 bits per heavy atom. The van der Waals surface area contributed by atoms with Crippen molar-refractivity contribution >= 4 is 39.0 Å². The fourth-order valence-electron chi connectivity index (χ4n) is 6.40. The monoisotopic (exact) mass is 567 g/mol. The molecular weight excluding hydrogens is 542 g/mol. The fraction of sp³-hybridized carbons (Fsp3) is 0.0513. The van der Waals surface area contributed by atoms with Gasteiger partial charge in [0, 0.05) is 50.4 Å². The van der Waals surface area contributed by atoms with E-state index in [9.17, 15) is 0 Å². The largest absolute Gasteiger partial charge is 0.460 e. The Kier molecular flexibility index (Phi) is 5.56. The van der Waals surface area contributed by atoms with Crippen LogP contribution in [-0.2, 0) is 6.42 Å². The Morgan fingerprint density at radius 2 is 1.11 bits per heavy atom. The zero-order chi connectivity index (χ0) is 29.0. The lowest BCUT2D eigenvalue weighted by Gasteiger charge is -2.09. The molecule has 0 amide bonds. The Hall–Kier alpha value is -5.81. The highest BCUT2D eigenvalue weighted by molar-refractivity contribution is 6.16. The molecule has 3 aromatic heterocycles. The van der Waals surface area contributed by atoms with Crippen LogP contribution in [0.3, 0.4) is 0 Å². The van der Waals surface area contributed by atoms with Crippen LogP contribution in [0.15, 0.2) is 130 Å². The number of fused-ring (bicyclic) bond motifs is 6. The molecule has 5 nitrogen and oxygen atoms in total. The third kappa shape index (κ3) is 3.90. The summed E-state index contributed by atoms with van der Waals surface area (Å²) in [6.07, 6.45) is 6.34. The summed E-state index contributed by atoms with van der Waals surface area (Å²) < 4.78 is 13.0. The quantitative estimate of drug-likeness (QED) is 0.212. The van der Waals surface area contributed by atoms with Crippen molar-refractivity contribution in [3.8, 4) is 45.3 Å². The molecule has 0 saturated heterocycles. The maximum atomic E-state index is 6.68. The third-order valence-electron chi connectivity index (χ3n) is 8.40. The maximum Gasteiger partial charge on any atom is 0.164 e. The van der Waals surface area contributed by atoms with Gasteiger partial charge in [-0.15, -0.1) is 0 Å². The van der Waals surface area contributed by atoms with Crippen molar-refractivity contribution in [2.75, 3.05) is 0 Å². The lowest BCUT2D eigenvalue weighted by molar-refractivity contribution is 0.546. The first-order valence-electron chi connectivity index (χ1n) is 14.8. The third-order valence-corrected chi connectivity index (χ3v) is 8.40. The molecule has 1 aliphatic rings. The molecule has 0 spiro atoms. The number of benzene rings is 5. The lowest BCUT2D eigenvalue weighted by Crippen LogP contribution is -2.00. The average molecular weight is 568 g/mol. The van der Waals surface area contributed by atoms with Crippen molar-refractivity contribution in [3.05, 3.63) is 133 Å². The van der Waals surface area contributed by atoms with Crippen molar-refractivity contribution in [1.82, 2.24) is 15.0 Å². The van der Waals surface area contributed by atoms with E-state index in [1.54, 1.807) is 0 Å². The van der Waals surface area contributed by atoms with Crippen LogP contribution in [0.2, 0.25) is 0 Å². The molecule has 0 atom stereocenters. The van der Waals surface area contributed by atoms with E-state index in [4.69, 9.17) is 23.8 Å². The minimum absolute atomic E-state index is 0.604. The second kappa shape index (κ2) is 9.89. The molecule has 208 valence electrons. The molecule has 3 heterocycles. The van der Waals surface area contributed by atoms with E-state index < -0.39 is 0 Å². The van der Waals surface area contributed by atoms with Gasteiger partial charge in [-0.2, -0.15) is 0 Å². The Morgan fingerprint density at radius 3 is 1.84 bits per heavy atom. The SMILES string of the molecule is C1=Cc2c(oc3cccc(-c4cccc5c4oc4cccc(-c6nc(-c7ccccc7)nc(-c7ccccc7)n6)c45)c23)CC1. The van der Waals surface area contributed by atoms with Gasteiger partial charge in [-0.3, -0.25) is 0 Å². The van der Waals surface area contributed by atoms with Crippen LogP contribution in [0.25, 0.3) is 84.3 Å². The highest BCUT2D eigenvalue weighted by atomic mass is 16.3. The van der Waals surface area contributed by atoms with Gasteiger partial charge in [-0.05, 0) is 24.1 Å². The molecule has 0 unspecified atom stereocenters. The lowest BCUT2D eigenvalue weighted by atomic mass is 9.94. The first kappa shape index (κ1) is 24.8. The molecule has 1 aliphatic carbocycles. The summed E-state index contributed by atoms with van der Waals surface area (Å²) in [6, 6.07) is 38.8. The first-order chi connectivity index (χ1) is 21.8. The smallest absolute Gasteiger partial charge is 0.164 e. The summed E-state index contributed by atoms with van der Waals surface area (Å²) >= 11 is 0. The molecule has 8 aromatic rings. The Bertz CT molecular complexity index is 2330. The van der Waals surface area contributed by atoms with E-state index in [0.29, 0.717) is 17.5 Å². The molecule has 0 saturated carbocycles. The van der Waals surface area contributed by atoms with E-state index in [1.165, 1.54) is 5.56 Å². The number of rotatable bonds is 4. The summed E-state index contributed by atoms with van der Waals surface area (Å²) in [6.45, 7) is 0. The molecule has 0 fully saturated rings. The number of nitrogens with zero attached hydrogens (tertiary/aromatic N) is 3. The molecule has 9 rings (SSSR count). The standard InChI is InChI=1S/C39H25N3O2/c1-3-12-24(13-4-1)37-40-38(25-14-5-2-6-15-25)42-39(41-37)30-20-11-23-33-35(30)29-19-9-18-27(36(29)44-33)26-17-10-22-32-34(26)28-16-7-8-21-31(28)43-32/h1-7,9-20,22-23H,8,21H2. The second-order valence-corrected chi connectivity index (χ2v) is 11.1. The van der Waals surface area contributed by atoms with Crippen LogP contribution < -0.4 is 0 Å². The van der Waals surface area contributed by atoms with Gasteiger partial charge >= 0.3 is 0 Å². The minimum Gasteiger partial charge on any atom is -0.460 e. The number of aromatic nitrogens is 3. The summed E-state index contributed by atoms with van der Waals surface area (Å²) in [5.41, 5.74) is 8.59. The molecule has 5 aromatic carbocycles. The summed E-state index contributed by atoms with van der Waals surface area (Å²) in [4.78, 5) is 14.9. The fourth-order valence-corrected chi connectivity index (χ4v) is 6.40. The number of hydrogen-bond acceptors (Lipinski definition) is 5. The van der Waals surface area contributed by atoms with E-state index in [1.807, 2.05) is 72.8 Å². The predicted octanol–water partition coefficient (Wildman–Crippen LogP) is 10.1. The minimum atomic E-state index is 0.604. The maximum absolute atomic E-state index is 6.68. The van der Waals surface area contributed by atoms with E-state index >= 15 is 0 Å². The van der Waals surface area contributed by atoms with E-state index in [2.05, 4.69) is 54.6 Å². The molecule has 0 radical (unpaired) electrons. The Labute approximate surface area is 253 Å². The van der Waals surface area contributed by atoms with Crippen LogP contribution in [0.1, 0.15) is 17.7 Å². The zero-order valence-electron chi connectivity index (χ0n) is 23.7. The topological polar surface area (TPSA) is 65.0 Å². The van der Waals surface area contributed by atoms with Gasteiger partial charge in [0.25, 0.3) is 0 Å². The van der Waals surface area contributed by atoms with Crippen molar-refractivity contribution in [3.63, 3.8) is 0 Å². The average Bonchev–Trinajstić information content (AvgIpc) is 3.68. The van der Waals surface area contributed by atoms with Crippen LogP contribution >= 0.6 is 0 Å². The highest BCUT2D eigenvalue weighted by Gasteiger charge is 2.22. The first-order valence-corrected chi connectivity index (χ1v) is 14.8. The predicted molar refractivity (Wildman–Crippen MR) is 176 cm³/mol. The van der Waals surface area contributed by atoms with Crippen LogP contribution in [0.5, 0.6) is 0 Å². The number of para-hydroxylation sites is 1. The normalized spacial score (nSPS) is 12.7. The highest BCUT2D eigenvalue weighted by Crippen LogP contribution is 2.44. The molecule has 0 bridgehead atoms. The Balaban J connectivity index is 1.29. The van der Waals surface area contributed by atoms with Gasteiger partial charge in [0.15, 0.2) is 17.5 Å². The number of hydrogen-bond donors (Lipinski definition) is 0. The van der Waals surface area contributed by atoms with Crippen LogP contribution in [-0.4, -0.2) is 15.0 Å². The number of furan rings is 2. The number of aryl methyl sites for hydroxylation is 1. The van der Waals surface area contributed by atoms with Gasteiger partial charge in [0.1, 0.15) is 22.5 Å².